The fourth-order valence-corrected chi connectivity index (χ4v) is 5.15. The normalized spacial score (nSPS) is 18.3. The molecule has 0 aliphatic carbocycles. The van der Waals surface area contributed by atoms with Crippen LogP contribution in [0.5, 0.6) is 5.75 Å². The highest BCUT2D eigenvalue weighted by atomic mass is 32.1. The zero-order valence-corrected chi connectivity index (χ0v) is 20.3. The van der Waals surface area contributed by atoms with E-state index in [9.17, 15) is 9.59 Å². The SMILES string of the molecule is COc1ccc(CN2CCN(C(=O)CN3CCC(NC(=O)c4scnc4C)CC3)CC2)cc1. The number of hydrogen-bond donors (Lipinski definition) is 1. The Morgan fingerprint density at radius 3 is 2.36 bits per heavy atom. The number of aryl methyl sites for hydroxylation is 1. The third-order valence-electron chi connectivity index (χ3n) is 6.52. The minimum Gasteiger partial charge on any atom is -0.497 e. The van der Waals surface area contributed by atoms with Crippen molar-refractivity contribution in [1.82, 2.24) is 25.0 Å². The number of piperazine rings is 1. The molecule has 0 spiro atoms. The van der Waals surface area contributed by atoms with E-state index in [0.717, 1.165) is 70.1 Å². The summed E-state index contributed by atoms with van der Waals surface area (Å²) in [6, 6.07) is 8.34. The zero-order chi connectivity index (χ0) is 23.2. The predicted molar refractivity (Wildman–Crippen MR) is 129 cm³/mol. The fourth-order valence-electron chi connectivity index (χ4n) is 4.44. The molecule has 1 N–H and O–H groups in total. The number of amides is 2. The van der Waals surface area contributed by atoms with Gasteiger partial charge in [-0.2, -0.15) is 0 Å². The molecule has 0 atom stereocenters. The molecule has 0 saturated carbocycles. The van der Waals surface area contributed by atoms with Gasteiger partial charge in [0.1, 0.15) is 10.6 Å². The van der Waals surface area contributed by atoms with Crippen LogP contribution in [0.15, 0.2) is 29.8 Å². The Labute approximate surface area is 199 Å². The number of methoxy groups -OCH3 is 1. The number of ether oxygens (including phenoxy) is 1. The summed E-state index contributed by atoms with van der Waals surface area (Å²) in [5.74, 6) is 1.05. The van der Waals surface area contributed by atoms with Gasteiger partial charge in [-0.25, -0.2) is 4.98 Å². The molecule has 0 unspecified atom stereocenters. The van der Waals surface area contributed by atoms with Crippen LogP contribution in [0.25, 0.3) is 0 Å². The quantitative estimate of drug-likeness (QED) is 0.666. The number of aromatic nitrogens is 1. The second kappa shape index (κ2) is 11.1. The summed E-state index contributed by atoms with van der Waals surface area (Å²) in [6.07, 6.45) is 1.74. The largest absolute Gasteiger partial charge is 0.497 e. The highest BCUT2D eigenvalue weighted by Gasteiger charge is 2.26. The van der Waals surface area contributed by atoms with Gasteiger partial charge in [-0.15, -0.1) is 11.3 Å². The molecule has 2 saturated heterocycles. The van der Waals surface area contributed by atoms with Crippen molar-refractivity contribution in [2.45, 2.75) is 32.4 Å². The van der Waals surface area contributed by atoms with E-state index in [2.05, 4.69) is 32.2 Å². The van der Waals surface area contributed by atoms with Crippen molar-refractivity contribution in [1.29, 1.82) is 0 Å². The van der Waals surface area contributed by atoms with E-state index in [0.29, 0.717) is 11.4 Å². The molecule has 2 amide bonds. The van der Waals surface area contributed by atoms with Gasteiger partial charge in [-0.05, 0) is 37.5 Å². The number of nitrogens with one attached hydrogen (secondary N) is 1. The third-order valence-corrected chi connectivity index (χ3v) is 7.45. The van der Waals surface area contributed by atoms with Crippen LogP contribution >= 0.6 is 11.3 Å². The number of nitrogens with zero attached hydrogens (tertiary/aromatic N) is 4. The first-order valence-electron chi connectivity index (χ1n) is 11.6. The van der Waals surface area contributed by atoms with Crippen molar-refractivity contribution in [2.24, 2.45) is 0 Å². The molecule has 33 heavy (non-hydrogen) atoms. The van der Waals surface area contributed by atoms with E-state index < -0.39 is 0 Å². The monoisotopic (exact) mass is 471 g/mol. The molecular formula is C24H33N5O3S. The molecule has 2 aliphatic heterocycles. The molecule has 178 valence electrons. The second-order valence-electron chi connectivity index (χ2n) is 8.80. The van der Waals surface area contributed by atoms with E-state index >= 15 is 0 Å². The number of rotatable bonds is 7. The maximum atomic E-state index is 12.8. The molecule has 0 bridgehead atoms. The van der Waals surface area contributed by atoms with Gasteiger partial charge in [0.15, 0.2) is 0 Å². The Kier molecular flexibility index (Phi) is 7.95. The lowest BCUT2D eigenvalue weighted by Crippen LogP contribution is -2.52. The maximum absolute atomic E-state index is 12.8. The van der Waals surface area contributed by atoms with E-state index in [-0.39, 0.29) is 17.9 Å². The minimum atomic E-state index is -0.0305. The molecule has 1 aromatic carbocycles. The molecule has 8 nitrogen and oxygen atoms in total. The van der Waals surface area contributed by atoms with Gasteiger partial charge >= 0.3 is 0 Å². The number of likely N-dealkylation sites (tertiary alicyclic amines) is 1. The van der Waals surface area contributed by atoms with Crippen molar-refractivity contribution in [3.8, 4) is 5.75 Å². The first-order chi connectivity index (χ1) is 16.0. The standard InChI is InChI=1S/C24H33N5O3S/c1-18-23(33-17-25-18)24(31)26-20-7-9-27(10-8-20)16-22(30)29-13-11-28(12-14-29)15-19-3-5-21(32-2)6-4-19/h3-6,17,20H,7-16H2,1-2H3,(H,26,31). The van der Waals surface area contributed by atoms with E-state index in [1.54, 1.807) is 12.6 Å². The van der Waals surface area contributed by atoms with Gasteiger partial charge in [-0.1, -0.05) is 12.1 Å². The Bertz CT molecular complexity index is 932. The zero-order valence-electron chi connectivity index (χ0n) is 19.5. The Morgan fingerprint density at radius 2 is 1.76 bits per heavy atom. The highest BCUT2D eigenvalue weighted by Crippen LogP contribution is 2.17. The first kappa shape index (κ1) is 23.7. The van der Waals surface area contributed by atoms with E-state index in [1.165, 1.54) is 16.9 Å². The first-order valence-corrected chi connectivity index (χ1v) is 12.5. The van der Waals surface area contributed by atoms with Crippen LogP contribution < -0.4 is 10.1 Å². The summed E-state index contributed by atoms with van der Waals surface area (Å²) in [5.41, 5.74) is 3.75. The summed E-state index contributed by atoms with van der Waals surface area (Å²) < 4.78 is 5.22. The van der Waals surface area contributed by atoms with Gasteiger partial charge in [-0.3, -0.25) is 19.4 Å². The van der Waals surface area contributed by atoms with Gasteiger partial charge in [0.25, 0.3) is 5.91 Å². The number of carbonyl (C=O) groups is 2. The summed E-state index contributed by atoms with van der Waals surface area (Å²) in [6.45, 7) is 8.21. The second-order valence-corrected chi connectivity index (χ2v) is 9.65. The molecule has 4 rings (SSSR count). The van der Waals surface area contributed by atoms with Crippen LogP contribution in [-0.2, 0) is 11.3 Å². The molecule has 3 heterocycles. The lowest BCUT2D eigenvalue weighted by molar-refractivity contribution is -0.134. The molecule has 1 aromatic heterocycles. The lowest BCUT2D eigenvalue weighted by atomic mass is 10.0. The molecule has 2 aromatic rings. The predicted octanol–water partition coefficient (Wildman–Crippen LogP) is 2.00. The van der Waals surface area contributed by atoms with Gasteiger partial charge < -0.3 is 15.0 Å². The average Bonchev–Trinajstić information content (AvgIpc) is 3.27. The Morgan fingerprint density at radius 1 is 1.06 bits per heavy atom. The van der Waals surface area contributed by atoms with Gasteiger partial charge in [0.05, 0.1) is 24.9 Å². The molecule has 2 aliphatic rings. The highest BCUT2D eigenvalue weighted by molar-refractivity contribution is 7.11. The van der Waals surface area contributed by atoms with Crippen LogP contribution in [0.2, 0.25) is 0 Å². The molecule has 2 fully saturated rings. The summed E-state index contributed by atoms with van der Waals surface area (Å²) >= 11 is 1.38. The third kappa shape index (κ3) is 6.31. The lowest BCUT2D eigenvalue weighted by Gasteiger charge is -2.37. The topological polar surface area (TPSA) is 78.0 Å². The fraction of sp³-hybridized carbons (Fsp3) is 0.542. The Hall–Kier alpha value is -2.49. The molecule has 9 heteroatoms. The van der Waals surface area contributed by atoms with Gasteiger partial charge in [0, 0.05) is 51.9 Å². The molecule has 0 radical (unpaired) electrons. The summed E-state index contributed by atoms with van der Waals surface area (Å²) in [4.78, 5) is 36.7. The summed E-state index contributed by atoms with van der Waals surface area (Å²) in [7, 11) is 1.68. The van der Waals surface area contributed by atoms with Crippen molar-refractivity contribution in [3.05, 3.63) is 45.9 Å². The number of carbonyl (C=O) groups excluding carboxylic acids is 2. The van der Waals surface area contributed by atoms with Crippen molar-refractivity contribution in [3.63, 3.8) is 0 Å². The summed E-state index contributed by atoms with van der Waals surface area (Å²) in [5, 5.41) is 3.13. The van der Waals surface area contributed by atoms with Gasteiger partial charge in [0.2, 0.25) is 5.91 Å². The van der Waals surface area contributed by atoms with Crippen LogP contribution in [0.4, 0.5) is 0 Å². The van der Waals surface area contributed by atoms with Crippen molar-refractivity contribution < 1.29 is 14.3 Å². The number of thiazole rings is 1. The smallest absolute Gasteiger partial charge is 0.263 e. The average molecular weight is 472 g/mol. The minimum absolute atomic E-state index is 0.0305. The van der Waals surface area contributed by atoms with Crippen molar-refractivity contribution >= 4 is 23.2 Å². The Balaban J connectivity index is 1.15. The maximum Gasteiger partial charge on any atom is 0.263 e. The number of hydrogen-bond acceptors (Lipinski definition) is 7. The molecular weight excluding hydrogens is 438 g/mol. The van der Waals surface area contributed by atoms with Crippen LogP contribution in [0, 0.1) is 6.92 Å². The van der Waals surface area contributed by atoms with Crippen LogP contribution in [-0.4, -0.2) is 90.5 Å². The van der Waals surface area contributed by atoms with Crippen LogP contribution in [0.3, 0.4) is 0 Å². The van der Waals surface area contributed by atoms with E-state index in [4.69, 9.17) is 4.74 Å². The number of benzene rings is 1. The van der Waals surface area contributed by atoms with E-state index in [1.807, 2.05) is 24.0 Å². The number of piperidine rings is 1. The van der Waals surface area contributed by atoms with Crippen LogP contribution in [0.1, 0.15) is 33.8 Å². The van der Waals surface area contributed by atoms with Crippen molar-refractivity contribution in [2.75, 3.05) is 52.9 Å².